The second kappa shape index (κ2) is 11.4. The van der Waals surface area contributed by atoms with Gasteiger partial charge in [0.15, 0.2) is 17.1 Å². The van der Waals surface area contributed by atoms with Crippen molar-refractivity contribution >= 4 is 17.7 Å². The molecule has 7 heteroatoms. The molecule has 0 saturated carbocycles. The Morgan fingerprint density at radius 2 is 1.79 bits per heavy atom. The van der Waals surface area contributed by atoms with Gasteiger partial charge in [-0.25, -0.2) is 0 Å². The summed E-state index contributed by atoms with van der Waals surface area (Å²) in [4.78, 5) is 12.3. The van der Waals surface area contributed by atoms with Crippen molar-refractivity contribution in [2.45, 2.75) is 64.3 Å². The summed E-state index contributed by atoms with van der Waals surface area (Å²) in [6.07, 6.45) is 0.560. The van der Waals surface area contributed by atoms with Crippen LogP contribution in [0.1, 0.15) is 57.7 Å². The third-order valence-corrected chi connectivity index (χ3v) is 6.34. The molecule has 1 atom stereocenters. The molecule has 0 aliphatic heterocycles. The van der Waals surface area contributed by atoms with E-state index in [0.717, 1.165) is 23.2 Å². The predicted octanol–water partition coefficient (Wildman–Crippen LogP) is 5.19. The van der Waals surface area contributed by atoms with Crippen LogP contribution >= 0.6 is 11.8 Å². The van der Waals surface area contributed by atoms with E-state index in [1.165, 1.54) is 22.9 Å². The molecule has 0 radical (unpaired) electrons. The minimum atomic E-state index is -0.257. The lowest BCUT2D eigenvalue weighted by atomic mass is 9.87. The van der Waals surface area contributed by atoms with Crippen molar-refractivity contribution in [3.05, 3.63) is 71.5 Å². The Hall–Kier alpha value is -2.80. The minimum absolute atomic E-state index is 0.00799. The summed E-state index contributed by atoms with van der Waals surface area (Å²) in [5, 5.41) is 12.4. The number of hydrogen-bond acceptors (Lipinski definition) is 5. The summed E-state index contributed by atoms with van der Waals surface area (Å²) in [5.41, 5.74) is 2.58. The molecule has 176 valence electrons. The SMILES string of the molecule is CCn1c(SCC(=O)NCCc2ccccc2)nnc1C(C)Oc1ccc(C(C)(C)C)cc1. The maximum absolute atomic E-state index is 12.3. The number of carbonyl (C=O) groups is 1. The van der Waals surface area contributed by atoms with Crippen LogP contribution in [-0.2, 0) is 23.2 Å². The summed E-state index contributed by atoms with van der Waals surface area (Å²) >= 11 is 1.40. The van der Waals surface area contributed by atoms with Crippen LogP contribution < -0.4 is 10.1 Å². The summed E-state index contributed by atoms with van der Waals surface area (Å²) < 4.78 is 8.14. The number of rotatable bonds is 10. The van der Waals surface area contributed by atoms with Gasteiger partial charge in [-0.3, -0.25) is 4.79 Å². The standard InChI is InChI=1S/C26H34N4O2S/c1-6-30-24(19(2)32-22-14-12-21(13-15-22)26(3,4)5)28-29-25(30)33-18-23(31)27-17-16-20-10-8-7-9-11-20/h7-15,19H,6,16-18H2,1-5H3,(H,27,31). The van der Waals surface area contributed by atoms with Gasteiger partial charge in [0.25, 0.3) is 0 Å². The van der Waals surface area contributed by atoms with Gasteiger partial charge < -0.3 is 14.6 Å². The second-order valence-electron chi connectivity index (χ2n) is 8.99. The van der Waals surface area contributed by atoms with E-state index in [0.29, 0.717) is 18.8 Å². The first-order valence-electron chi connectivity index (χ1n) is 11.4. The molecule has 33 heavy (non-hydrogen) atoms. The molecule has 0 aliphatic rings. The third kappa shape index (κ3) is 7.09. The van der Waals surface area contributed by atoms with Crippen LogP contribution in [0.5, 0.6) is 5.75 Å². The summed E-state index contributed by atoms with van der Waals surface area (Å²) in [6.45, 7) is 11.9. The highest BCUT2D eigenvalue weighted by molar-refractivity contribution is 7.99. The van der Waals surface area contributed by atoms with E-state index in [-0.39, 0.29) is 17.4 Å². The fourth-order valence-corrected chi connectivity index (χ4v) is 4.31. The number of thioether (sulfide) groups is 1. The summed E-state index contributed by atoms with van der Waals surface area (Å²) in [7, 11) is 0. The van der Waals surface area contributed by atoms with Gasteiger partial charge >= 0.3 is 0 Å². The Kier molecular flexibility index (Phi) is 8.55. The van der Waals surface area contributed by atoms with Crippen LogP contribution in [0.2, 0.25) is 0 Å². The first kappa shape index (κ1) is 24.8. The number of aromatic nitrogens is 3. The van der Waals surface area contributed by atoms with E-state index in [1.807, 2.05) is 48.7 Å². The average molecular weight is 467 g/mol. The fraction of sp³-hybridized carbons (Fsp3) is 0.423. The van der Waals surface area contributed by atoms with Crippen molar-refractivity contribution < 1.29 is 9.53 Å². The molecule has 0 saturated heterocycles. The Morgan fingerprint density at radius 1 is 1.09 bits per heavy atom. The molecule has 0 bridgehead atoms. The molecule has 6 nitrogen and oxygen atoms in total. The van der Waals surface area contributed by atoms with Crippen molar-refractivity contribution in [3.63, 3.8) is 0 Å². The number of nitrogens with zero attached hydrogens (tertiary/aromatic N) is 3. The van der Waals surface area contributed by atoms with E-state index in [4.69, 9.17) is 4.74 Å². The molecule has 0 aliphatic carbocycles. The number of carbonyl (C=O) groups excluding carboxylic acids is 1. The van der Waals surface area contributed by atoms with E-state index >= 15 is 0 Å². The smallest absolute Gasteiger partial charge is 0.230 e. The molecule has 3 rings (SSSR count). The lowest BCUT2D eigenvalue weighted by Gasteiger charge is -2.20. The van der Waals surface area contributed by atoms with Crippen LogP contribution in [0.4, 0.5) is 0 Å². The first-order chi connectivity index (χ1) is 15.8. The lowest BCUT2D eigenvalue weighted by molar-refractivity contribution is -0.118. The van der Waals surface area contributed by atoms with Gasteiger partial charge in [-0.2, -0.15) is 0 Å². The molecule has 0 spiro atoms. The summed E-state index contributed by atoms with van der Waals surface area (Å²) in [5.74, 6) is 1.85. The lowest BCUT2D eigenvalue weighted by Crippen LogP contribution is -2.27. The zero-order valence-corrected chi connectivity index (χ0v) is 21.0. The Morgan fingerprint density at radius 3 is 2.42 bits per heavy atom. The molecule has 1 heterocycles. The zero-order chi connectivity index (χ0) is 23.8. The van der Waals surface area contributed by atoms with Gasteiger partial charge in [-0.15, -0.1) is 10.2 Å². The Labute approximate surface area is 201 Å². The summed E-state index contributed by atoms with van der Waals surface area (Å²) in [6, 6.07) is 18.3. The van der Waals surface area contributed by atoms with Gasteiger partial charge in [0.2, 0.25) is 5.91 Å². The zero-order valence-electron chi connectivity index (χ0n) is 20.2. The Bertz CT molecular complexity index is 1030. The van der Waals surface area contributed by atoms with Crippen LogP contribution in [0.25, 0.3) is 0 Å². The number of ether oxygens (including phenoxy) is 1. The van der Waals surface area contributed by atoms with E-state index in [2.05, 4.69) is 60.6 Å². The Balaban J connectivity index is 1.53. The molecule has 1 amide bonds. The normalized spacial score (nSPS) is 12.4. The van der Waals surface area contributed by atoms with Crippen LogP contribution in [0.3, 0.4) is 0 Å². The van der Waals surface area contributed by atoms with Crippen molar-refractivity contribution in [1.82, 2.24) is 20.1 Å². The molecule has 0 fully saturated rings. The van der Waals surface area contributed by atoms with Crippen LogP contribution in [0, 0.1) is 0 Å². The predicted molar refractivity (Wildman–Crippen MR) is 134 cm³/mol. The highest BCUT2D eigenvalue weighted by Gasteiger charge is 2.20. The average Bonchev–Trinajstić information content (AvgIpc) is 3.21. The third-order valence-electron chi connectivity index (χ3n) is 5.37. The van der Waals surface area contributed by atoms with Crippen molar-refractivity contribution in [2.75, 3.05) is 12.3 Å². The first-order valence-corrected chi connectivity index (χ1v) is 12.4. The van der Waals surface area contributed by atoms with Gasteiger partial charge in [-0.05, 0) is 48.9 Å². The molecule has 3 aromatic rings. The molecular weight excluding hydrogens is 432 g/mol. The highest BCUT2D eigenvalue weighted by Crippen LogP contribution is 2.27. The molecule has 1 aromatic heterocycles. The van der Waals surface area contributed by atoms with Crippen molar-refractivity contribution in [2.24, 2.45) is 0 Å². The molecule has 2 aromatic carbocycles. The monoisotopic (exact) mass is 466 g/mol. The van der Waals surface area contributed by atoms with Crippen molar-refractivity contribution in [3.8, 4) is 5.75 Å². The van der Waals surface area contributed by atoms with Crippen LogP contribution in [-0.4, -0.2) is 33.0 Å². The number of amides is 1. The number of hydrogen-bond donors (Lipinski definition) is 1. The van der Waals surface area contributed by atoms with Gasteiger partial charge in [0.1, 0.15) is 5.75 Å². The van der Waals surface area contributed by atoms with E-state index < -0.39 is 0 Å². The van der Waals surface area contributed by atoms with Gasteiger partial charge in [0, 0.05) is 13.1 Å². The second-order valence-corrected chi connectivity index (χ2v) is 9.94. The van der Waals surface area contributed by atoms with Gasteiger partial charge in [-0.1, -0.05) is 75.0 Å². The highest BCUT2D eigenvalue weighted by atomic mass is 32.2. The molecule has 1 N–H and O–H groups in total. The fourth-order valence-electron chi connectivity index (χ4n) is 3.47. The van der Waals surface area contributed by atoms with Crippen molar-refractivity contribution in [1.29, 1.82) is 0 Å². The van der Waals surface area contributed by atoms with E-state index in [9.17, 15) is 4.79 Å². The minimum Gasteiger partial charge on any atom is -0.483 e. The topological polar surface area (TPSA) is 69.0 Å². The maximum Gasteiger partial charge on any atom is 0.230 e. The molecular formula is C26H34N4O2S. The quantitative estimate of drug-likeness (QED) is 0.417. The number of benzene rings is 2. The maximum atomic E-state index is 12.3. The molecule has 1 unspecified atom stereocenters. The van der Waals surface area contributed by atoms with Gasteiger partial charge in [0.05, 0.1) is 5.75 Å². The van der Waals surface area contributed by atoms with E-state index in [1.54, 1.807) is 0 Å². The largest absolute Gasteiger partial charge is 0.483 e. The van der Waals surface area contributed by atoms with Crippen LogP contribution in [0.15, 0.2) is 59.8 Å². The number of nitrogens with one attached hydrogen (secondary N) is 1.